The second-order valence-electron chi connectivity index (χ2n) is 4.44. The zero-order chi connectivity index (χ0) is 13.9. The van der Waals surface area contributed by atoms with Crippen LogP contribution in [0.2, 0.25) is 0 Å². The molecule has 0 aliphatic carbocycles. The van der Waals surface area contributed by atoms with Gasteiger partial charge in [0.15, 0.2) is 5.96 Å². The van der Waals surface area contributed by atoms with Crippen LogP contribution in [-0.2, 0) is 15.1 Å². The van der Waals surface area contributed by atoms with Crippen LogP contribution in [0.5, 0.6) is 0 Å². The van der Waals surface area contributed by atoms with E-state index in [9.17, 15) is 4.79 Å². The summed E-state index contributed by atoms with van der Waals surface area (Å²) in [6, 6.07) is 7.66. The fourth-order valence-corrected chi connectivity index (χ4v) is 2.29. The predicted octanol–water partition coefficient (Wildman–Crippen LogP) is 1.39. The first-order chi connectivity index (χ1) is 9.06. The quantitative estimate of drug-likeness (QED) is 0.822. The van der Waals surface area contributed by atoms with Gasteiger partial charge in [0, 0.05) is 11.6 Å². The summed E-state index contributed by atoms with van der Waals surface area (Å²) in [7, 11) is 1.62. The Bertz CT molecular complexity index is 518. The lowest BCUT2D eigenvalue weighted by Crippen LogP contribution is -2.40. The van der Waals surface area contributed by atoms with Crippen molar-refractivity contribution in [3.05, 3.63) is 34.3 Å². The van der Waals surface area contributed by atoms with Gasteiger partial charge in [-0.2, -0.15) is 0 Å². The number of halogens is 1. The van der Waals surface area contributed by atoms with Crippen molar-refractivity contribution in [2.75, 3.05) is 20.3 Å². The molecule has 0 saturated carbocycles. The van der Waals surface area contributed by atoms with Gasteiger partial charge in [-0.3, -0.25) is 15.1 Å². The molecule has 1 amide bonds. The van der Waals surface area contributed by atoms with Gasteiger partial charge in [0.05, 0.1) is 13.2 Å². The highest BCUT2D eigenvalue weighted by Crippen LogP contribution is 2.26. The smallest absolute Gasteiger partial charge is 0.256 e. The molecular formula is C13H16BrN3O2. The van der Waals surface area contributed by atoms with Crippen LogP contribution in [0.4, 0.5) is 0 Å². The Morgan fingerprint density at radius 1 is 1.47 bits per heavy atom. The molecule has 19 heavy (non-hydrogen) atoms. The Balaban J connectivity index is 2.20. The van der Waals surface area contributed by atoms with E-state index in [0.717, 1.165) is 10.0 Å². The fraction of sp³-hybridized carbons (Fsp3) is 0.385. The molecule has 1 saturated heterocycles. The lowest BCUT2D eigenvalue weighted by atomic mass is 9.92. The molecule has 1 fully saturated rings. The Labute approximate surface area is 120 Å². The topological polar surface area (TPSA) is 62.7 Å². The summed E-state index contributed by atoms with van der Waals surface area (Å²) in [4.78, 5) is 16.4. The van der Waals surface area contributed by atoms with E-state index in [1.807, 2.05) is 31.2 Å². The molecule has 5 nitrogen and oxygen atoms in total. The maximum atomic E-state index is 12.1. The van der Waals surface area contributed by atoms with Gasteiger partial charge in [-0.05, 0) is 24.6 Å². The van der Waals surface area contributed by atoms with Gasteiger partial charge in [-0.1, -0.05) is 28.1 Å². The summed E-state index contributed by atoms with van der Waals surface area (Å²) >= 11 is 3.41. The van der Waals surface area contributed by atoms with Crippen molar-refractivity contribution < 1.29 is 9.53 Å². The van der Waals surface area contributed by atoms with Gasteiger partial charge < -0.3 is 10.1 Å². The Kier molecular flexibility index (Phi) is 4.21. The molecule has 1 aromatic rings. The Morgan fingerprint density at radius 2 is 2.26 bits per heavy atom. The highest BCUT2D eigenvalue weighted by Gasteiger charge is 2.42. The van der Waals surface area contributed by atoms with Crippen LogP contribution in [0.15, 0.2) is 33.7 Å². The van der Waals surface area contributed by atoms with Gasteiger partial charge in [0.2, 0.25) is 0 Å². The lowest BCUT2D eigenvalue weighted by Gasteiger charge is -2.21. The molecule has 6 heteroatoms. The zero-order valence-electron chi connectivity index (χ0n) is 10.9. The molecule has 1 heterocycles. The number of ether oxygens (including phenoxy) is 1. The van der Waals surface area contributed by atoms with Crippen molar-refractivity contribution in [2.24, 2.45) is 4.99 Å². The number of hydrogen-bond donors (Lipinski definition) is 2. The molecule has 1 unspecified atom stereocenters. The van der Waals surface area contributed by atoms with Crippen LogP contribution in [0.3, 0.4) is 0 Å². The van der Waals surface area contributed by atoms with Gasteiger partial charge in [-0.15, -0.1) is 0 Å². The second-order valence-corrected chi connectivity index (χ2v) is 5.35. The van der Waals surface area contributed by atoms with Crippen molar-refractivity contribution in [3.63, 3.8) is 0 Å². The molecule has 2 N–H and O–H groups in total. The summed E-state index contributed by atoms with van der Waals surface area (Å²) in [5, 5.41) is 5.88. The molecular weight excluding hydrogens is 310 g/mol. The minimum absolute atomic E-state index is 0.109. The number of nitrogens with one attached hydrogen (secondary N) is 2. The molecule has 1 atom stereocenters. The minimum atomic E-state index is -0.796. The van der Waals surface area contributed by atoms with Crippen LogP contribution in [-0.4, -0.2) is 32.1 Å². The third-order valence-electron chi connectivity index (χ3n) is 3.02. The Morgan fingerprint density at radius 3 is 2.95 bits per heavy atom. The molecule has 0 bridgehead atoms. The van der Waals surface area contributed by atoms with Crippen LogP contribution in [0.1, 0.15) is 12.5 Å². The lowest BCUT2D eigenvalue weighted by molar-refractivity contribution is -0.123. The molecule has 1 aliphatic heterocycles. The number of amides is 1. The van der Waals surface area contributed by atoms with Crippen LogP contribution in [0, 0.1) is 0 Å². The molecule has 2 rings (SSSR count). The number of benzene rings is 1. The first kappa shape index (κ1) is 14.0. The normalized spacial score (nSPS) is 24.4. The fourth-order valence-electron chi connectivity index (χ4n) is 1.89. The minimum Gasteiger partial charge on any atom is -0.383 e. The SMILES string of the molecule is COCCN=C1NC(=O)C(C)(c2cccc(Br)c2)N1. The van der Waals surface area contributed by atoms with E-state index in [1.54, 1.807) is 7.11 Å². The summed E-state index contributed by atoms with van der Waals surface area (Å²) in [5.41, 5.74) is 0.0895. The molecule has 0 radical (unpaired) electrons. The van der Waals surface area contributed by atoms with Crippen molar-refractivity contribution in [3.8, 4) is 0 Å². The Hall–Kier alpha value is -1.40. The highest BCUT2D eigenvalue weighted by atomic mass is 79.9. The van der Waals surface area contributed by atoms with Crippen molar-refractivity contribution in [2.45, 2.75) is 12.5 Å². The van der Waals surface area contributed by atoms with Gasteiger partial charge in [0.1, 0.15) is 5.54 Å². The summed E-state index contributed by atoms with van der Waals surface area (Å²) in [5.74, 6) is 0.381. The number of methoxy groups -OCH3 is 1. The summed E-state index contributed by atoms with van der Waals surface area (Å²) < 4.78 is 5.86. The van der Waals surface area contributed by atoms with Crippen molar-refractivity contribution in [1.82, 2.24) is 10.6 Å². The van der Waals surface area contributed by atoms with E-state index in [0.29, 0.717) is 19.1 Å². The van der Waals surface area contributed by atoms with Gasteiger partial charge >= 0.3 is 0 Å². The third-order valence-corrected chi connectivity index (χ3v) is 3.52. The van der Waals surface area contributed by atoms with E-state index >= 15 is 0 Å². The van der Waals surface area contributed by atoms with E-state index in [-0.39, 0.29) is 5.91 Å². The maximum absolute atomic E-state index is 12.1. The number of nitrogens with zero attached hydrogens (tertiary/aromatic N) is 1. The number of rotatable bonds is 4. The number of carbonyl (C=O) groups is 1. The highest BCUT2D eigenvalue weighted by molar-refractivity contribution is 9.10. The predicted molar refractivity (Wildman–Crippen MR) is 77.0 cm³/mol. The van der Waals surface area contributed by atoms with Crippen LogP contribution >= 0.6 is 15.9 Å². The summed E-state index contributed by atoms with van der Waals surface area (Å²) in [6.45, 7) is 2.87. The van der Waals surface area contributed by atoms with Gasteiger partial charge in [0.25, 0.3) is 5.91 Å². The van der Waals surface area contributed by atoms with Crippen molar-refractivity contribution >= 4 is 27.8 Å². The van der Waals surface area contributed by atoms with E-state index in [4.69, 9.17) is 4.74 Å². The second kappa shape index (κ2) is 5.71. The average Bonchev–Trinajstić information content (AvgIpc) is 2.67. The number of hydrogen-bond acceptors (Lipinski definition) is 3. The monoisotopic (exact) mass is 325 g/mol. The molecule has 1 aliphatic rings. The molecule has 102 valence electrons. The molecule has 0 aromatic heterocycles. The standard InChI is InChI=1S/C13H16BrN3O2/c1-13(9-4-3-5-10(14)8-9)11(18)16-12(17-13)15-6-7-19-2/h3-5,8H,6-7H2,1-2H3,(H2,15,16,17,18). The van der Waals surface area contributed by atoms with Crippen molar-refractivity contribution in [1.29, 1.82) is 0 Å². The summed E-state index contributed by atoms with van der Waals surface area (Å²) in [6.07, 6.45) is 0. The van der Waals surface area contributed by atoms with E-state index < -0.39 is 5.54 Å². The van der Waals surface area contributed by atoms with E-state index in [1.165, 1.54) is 0 Å². The molecule has 0 spiro atoms. The largest absolute Gasteiger partial charge is 0.383 e. The number of carbonyl (C=O) groups excluding carboxylic acids is 1. The third kappa shape index (κ3) is 2.96. The zero-order valence-corrected chi connectivity index (χ0v) is 12.5. The van der Waals surface area contributed by atoms with Crippen LogP contribution in [0.25, 0.3) is 0 Å². The first-order valence-electron chi connectivity index (χ1n) is 5.95. The molecule has 1 aromatic carbocycles. The number of aliphatic imine (C=N–C) groups is 1. The maximum Gasteiger partial charge on any atom is 0.256 e. The van der Waals surface area contributed by atoms with E-state index in [2.05, 4.69) is 31.6 Å². The number of guanidine groups is 1. The first-order valence-corrected chi connectivity index (χ1v) is 6.74. The van der Waals surface area contributed by atoms with Gasteiger partial charge in [-0.25, -0.2) is 0 Å². The average molecular weight is 326 g/mol. The van der Waals surface area contributed by atoms with Crippen LogP contribution < -0.4 is 10.6 Å².